The van der Waals surface area contributed by atoms with Crippen LogP contribution in [0.1, 0.15) is 44.1 Å². The Kier molecular flexibility index (Phi) is 6.67. The van der Waals surface area contributed by atoms with Gasteiger partial charge in [0.2, 0.25) is 5.91 Å². The van der Waals surface area contributed by atoms with Crippen LogP contribution in [0.3, 0.4) is 0 Å². The maximum Gasteiger partial charge on any atom is 0.237 e. The van der Waals surface area contributed by atoms with Crippen molar-refractivity contribution in [2.75, 3.05) is 26.2 Å². The minimum atomic E-state index is 0.0448. The Morgan fingerprint density at radius 3 is 2.83 bits per heavy atom. The van der Waals surface area contributed by atoms with Crippen LogP contribution in [0.2, 0.25) is 0 Å². The number of likely N-dealkylation sites (tertiary alicyclic amines) is 1. The van der Waals surface area contributed by atoms with Gasteiger partial charge in [-0.05, 0) is 63.2 Å². The highest BCUT2D eigenvalue weighted by Gasteiger charge is 2.28. The van der Waals surface area contributed by atoms with Crippen LogP contribution < -0.4 is 10.6 Å². The van der Waals surface area contributed by atoms with Crippen molar-refractivity contribution >= 4 is 5.91 Å². The minimum Gasteiger partial charge on any atom is -0.355 e. The van der Waals surface area contributed by atoms with Gasteiger partial charge in [-0.15, -0.1) is 0 Å². The molecule has 132 valence electrons. The smallest absolute Gasteiger partial charge is 0.237 e. The van der Waals surface area contributed by atoms with Crippen molar-refractivity contribution in [1.29, 1.82) is 0 Å². The van der Waals surface area contributed by atoms with Gasteiger partial charge in [0.25, 0.3) is 0 Å². The second-order valence-electron chi connectivity index (χ2n) is 7.26. The summed E-state index contributed by atoms with van der Waals surface area (Å²) in [4.78, 5) is 15.0. The molecule has 0 radical (unpaired) electrons. The summed E-state index contributed by atoms with van der Waals surface area (Å²) in [6, 6.07) is 10.5. The zero-order valence-electron chi connectivity index (χ0n) is 14.7. The Balaban J connectivity index is 1.47. The van der Waals surface area contributed by atoms with E-state index in [0.717, 1.165) is 57.9 Å². The van der Waals surface area contributed by atoms with Crippen LogP contribution in [0.5, 0.6) is 0 Å². The van der Waals surface area contributed by atoms with Crippen molar-refractivity contribution < 1.29 is 4.79 Å². The fourth-order valence-electron chi connectivity index (χ4n) is 3.98. The fourth-order valence-corrected chi connectivity index (χ4v) is 3.98. The first-order valence-electron chi connectivity index (χ1n) is 9.59. The molecule has 2 heterocycles. The Bertz CT molecular complexity index is 499. The van der Waals surface area contributed by atoms with Gasteiger partial charge in [-0.3, -0.25) is 9.69 Å². The van der Waals surface area contributed by atoms with Gasteiger partial charge >= 0.3 is 0 Å². The molecule has 1 amide bonds. The molecule has 4 heteroatoms. The molecule has 0 bridgehead atoms. The van der Waals surface area contributed by atoms with Crippen molar-refractivity contribution in [3.05, 3.63) is 35.9 Å². The lowest BCUT2D eigenvalue weighted by molar-refractivity contribution is -0.127. The Hall–Kier alpha value is -1.39. The number of amides is 1. The van der Waals surface area contributed by atoms with Gasteiger partial charge in [-0.2, -0.15) is 0 Å². The molecular formula is C20H31N3O. The SMILES string of the molecule is O=C(NCCC1CCCNC1)C1CCCCN1Cc1ccccc1. The van der Waals surface area contributed by atoms with Crippen LogP contribution in [0, 0.1) is 5.92 Å². The van der Waals surface area contributed by atoms with Gasteiger partial charge in [0, 0.05) is 13.1 Å². The predicted octanol–water partition coefficient (Wildman–Crippen LogP) is 2.55. The third kappa shape index (κ3) is 5.05. The van der Waals surface area contributed by atoms with E-state index in [2.05, 4.69) is 39.8 Å². The Morgan fingerprint density at radius 1 is 1.17 bits per heavy atom. The zero-order valence-corrected chi connectivity index (χ0v) is 14.7. The molecule has 2 unspecified atom stereocenters. The van der Waals surface area contributed by atoms with E-state index < -0.39 is 0 Å². The van der Waals surface area contributed by atoms with Crippen LogP contribution in [0.4, 0.5) is 0 Å². The van der Waals surface area contributed by atoms with Crippen molar-refractivity contribution in [3.63, 3.8) is 0 Å². The van der Waals surface area contributed by atoms with Gasteiger partial charge in [-0.25, -0.2) is 0 Å². The monoisotopic (exact) mass is 329 g/mol. The zero-order chi connectivity index (χ0) is 16.6. The molecule has 2 N–H and O–H groups in total. The highest BCUT2D eigenvalue weighted by atomic mass is 16.2. The quantitative estimate of drug-likeness (QED) is 0.843. The number of rotatable bonds is 6. The summed E-state index contributed by atoms with van der Waals surface area (Å²) in [6.45, 7) is 4.99. The number of nitrogens with one attached hydrogen (secondary N) is 2. The second kappa shape index (κ2) is 9.19. The first-order valence-corrected chi connectivity index (χ1v) is 9.59. The number of carbonyl (C=O) groups is 1. The van der Waals surface area contributed by atoms with Crippen LogP contribution in [-0.4, -0.2) is 43.0 Å². The number of carbonyl (C=O) groups excluding carboxylic acids is 1. The molecule has 1 aromatic rings. The van der Waals surface area contributed by atoms with Crippen molar-refractivity contribution in [2.24, 2.45) is 5.92 Å². The molecule has 2 saturated heterocycles. The lowest BCUT2D eigenvalue weighted by Gasteiger charge is -2.34. The summed E-state index contributed by atoms with van der Waals surface area (Å²) in [6.07, 6.45) is 7.02. The van der Waals surface area contributed by atoms with Gasteiger partial charge in [0.15, 0.2) is 0 Å². The minimum absolute atomic E-state index is 0.0448. The summed E-state index contributed by atoms with van der Waals surface area (Å²) in [5.41, 5.74) is 1.30. The van der Waals surface area contributed by atoms with Crippen LogP contribution in [-0.2, 0) is 11.3 Å². The molecule has 1 aromatic carbocycles. The number of hydrogen-bond donors (Lipinski definition) is 2. The molecule has 2 aliphatic heterocycles. The van der Waals surface area contributed by atoms with Crippen LogP contribution in [0.15, 0.2) is 30.3 Å². The highest BCUT2D eigenvalue weighted by Crippen LogP contribution is 2.20. The molecule has 0 saturated carbocycles. The second-order valence-corrected chi connectivity index (χ2v) is 7.26. The highest BCUT2D eigenvalue weighted by molar-refractivity contribution is 5.81. The lowest BCUT2D eigenvalue weighted by atomic mass is 9.96. The molecule has 4 nitrogen and oxygen atoms in total. The molecule has 0 spiro atoms. The van der Waals surface area contributed by atoms with E-state index >= 15 is 0 Å². The molecule has 0 aromatic heterocycles. The van der Waals surface area contributed by atoms with E-state index in [1.54, 1.807) is 0 Å². The number of piperidine rings is 2. The van der Waals surface area contributed by atoms with E-state index in [-0.39, 0.29) is 11.9 Å². The Morgan fingerprint density at radius 2 is 2.04 bits per heavy atom. The molecule has 3 rings (SSSR count). The van der Waals surface area contributed by atoms with Crippen molar-refractivity contribution in [1.82, 2.24) is 15.5 Å². The maximum absolute atomic E-state index is 12.7. The standard InChI is InChI=1S/C20H31N3O/c24-20(22-13-11-17-9-6-12-21-15-17)19-10-4-5-14-23(19)16-18-7-2-1-3-8-18/h1-3,7-8,17,19,21H,4-6,9-16H2,(H,22,24). The van der Waals surface area contributed by atoms with Crippen molar-refractivity contribution in [3.8, 4) is 0 Å². The van der Waals surface area contributed by atoms with E-state index in [1.807, 2.05) is 6.07 Å². The summed E-state index contributed by atoms with van der Waals surface area (Å²) >= 11 is 0. The summed E-state index contributed by atoms with van der Waals surface area (Å²) in [5.74, 6) is 0.959. The molecule has 2 fully saturated rings. The normalized spacial score (nSPS) is 25.3. The Labute approximate surface area is 146 Å². The molecule has 2 aliphatic rings. The molecule has 0 aliphatic carbocycles. The largest absolute Gasteiger partial charge is 0.355 e. The van der Waals surface area contributed by atoms with E-state index in [9.17, 15) is 4.79 Å². The summed E-state index contributed by atoms with van der Waals surface area (Å²) in [7, 11) is 0. The predicted molar refractivity (Wildman–Crippen MR) is 97.7 cm³/mol. The van der Waals surface area contributed by atoms with Gasteiger partial charge in [0.1, 0.15) is 0 Å². The average Bonchev–Trinajstić information content (AvgIpc) is 2.64. The fraction of sp³-hybridized carbons (Fsp3) is 0.650. The third-order valence-corrected chi connectivity index (χ3v) is 5.40. The molecule has 2 atom stereocenters. The number of benzene rings is 1. The van der Waals surface area contributed by atoms with E-state index in [0.29, 0.717) is 0 Å². The third-order valence-electron chi connectivity index (χ3n) is 5.40. The maximum atomic E-state index is 12.7. The summed E-state index contributed by atoms with van der Waals surface area (Å²) in [5, 5.41) is 6.66. The van der Waals surface area contributed by atoms with Crippen LogP contribution >= 0.6 is 0 Å². The first kappa shape index (κ1) is 17.4. The molecular weight excluding hydrogens is 298 g/mol. The topological polar surface area (TPSA) is 44.4 Å². The average molecular weight is 329 g/mol. The number of hydrogen-bond acceptors (Lipinski definition) is 3. The number of nitrogens with zero attached hydrogens (tertiary/aromatic N) is 1. The first-order chi connectivity index (χ1) is 11.8. The van der Waals surface area contributed by atoms with E-state index in [1.165, 1.54) is 24.8 Å². The summed E-state index contributed by atoms with van der Waals surface area (Å²) < 4.78 is 0. The van der Waals surface area contributed by atoms with Crippen molar-refractivity contribution in [2.45, 2.75) is 51.1 Å². The van der Waals surface area contributed by atoms with E-state index in [4.69, 9.17) is 0 Å². The molecule has 24 heavy (non-hydrogen) atoms. The van der Waals surface area contributed by atoms with Gasteiger partial charge < -0.3 is 10.6 Å². The van der Waals surface area contributed by atoms with Crippen LogP contribution in [0.25, 0.3) is 0 Å². The van der Waals surface area contributed by atoms with Gasteiger partial charge in [-0.1, -0.05) is 36.8 Å². The lowest BCUT2D eigenvalue weighted by Crippen LogP contribution is -2.49. The van der Waals surface area contributed by atoms with Gasteiger partial charge in [0.05, 0.1) is 6.04 Å².